The lowest BCUT2D eigenvalue weighted by molar-refractivity contribution is -0.133. The first-order valence-corrected chi connectivity index (χ1v) is 8.11. The van der Waals surface area contributed by atoms with Crippen molar-refractivity contribution in [1.82, 2.24) is 24.2 Å². The number of amides is 1. The summed E-state index contributed by atoms with van der Waals surface area (Å²) in [6, 6.07) is 12.4. The zero-order valence-electron chi connectivity index (χ0n) is 13.4. The Balaban J connectivity index is 1.44. The largest absolute Gasteiger partial charge is 0.333 e. The van der Waals surface area contributed by atoms with E-state index in [1.54, 1.807) is 17.1 Å². The van der Waals surface area contributed by atoms with Crippen molar-refractivity contribution in [3.05, 3.63) is 72.1 Å². The number of imidazole rings is 1. The molecule has 0 atom stereocenters. The van der Waals surface area contributed by atoms with Gasteiger partial charge in [0.05, 0.1) is 30.8 Å². The molecule has 0 bridgehead atoms. The number of nitrogens with zero attached hydrogens (tertiary/aromatic N) is 5. The Bertz CT molecular complexity index is 822. The van der Waals surface area contributed by atoms with E-state index in [4.69, 9.17) is 0 Å². The van der Waals surface area contributed by atoms with Crippen molar-refractivity contribution in [3.8, 4) is 0 Å². The predicted molar refractivity (Wildman–Crippen MR) is 89.1 cm³/mol. The highest BCUT2D eigenvalue weighted by atomic mass is 16.2. The van der Waals surface area contributed by atoms with E-state index in [1.807, 2.05) is 34.0 Å². The van der Waals surface area contributed by atoms with Crippen LogP contribution in [-0.2, 0) is 30.8 Å². The second-order valence-corrected chi connectivity index (χ2v) is 6.06. The van der Waals surface area contributed by atoms with Crippen LogP contribution in [0.1, 0.15) is 17.0 Å². The number of fused-ring (bicyclic) bond motifs is 1. The molecule has 1 aliphatic heterocycles. The quantitative estimate of drug-likeness (QED) is 0.735. The minimum atomic E-state index is 0.116. The minimum Gasteiger partial charge on any atom is -0.333 e. The summed E-state index contributed by atoms with van der Waals surface area (Å²) in [5.41, 5.74) is 3.41. The molecule has 4 rings (SSSR count). The molecule has 0 fully saturated rings. The Morgan fingerprint density at radius 1 is 1.17 bits per heavy atom. The highest BCUT2D eigenvalue weighted by Gasteiger charge is 2.22. The Kier molecular flexibility index (Phi) is 3.86. The molecule has 3 aromatic rings. The summed E-state index contributed by atoms with van der Waals surface area (Å²) in [5.74, 6) is 0.116. The number of carbonyl (C=O) groups is 1. The van der Waals surface area contributed by atoms with Gasteiger partial charge in [0.2, 0.25) is 5.91 Å². The minimum absolute atomic E-state index is 0.116. The standard InChI is InChI=1S/C18H19N5O/c24-18(13-21-7-6-19-14-21)22-8-9-23-17(12-22)11-16(20-23)10-15-4-2-1-3-5-15/h1-7,11,14H,8-10,12-13H2. The van der Waals surface area contributed by atoms with Crippen LogP contribution in [0.25, 0.3) is 0 Å². The molecule has 0 spiro atoms. The molecule has 0 saturated carbocycles. The third-order valence-electron chi connectivity index (χ3n) is 4.31. The van der Waals surface area contributed by atoms with Gasteiger partial charge in [-0.05, 0) is 11.6 Å². The van der Waals surface area contributed by atoms with Crippen LogP contribution < -0.4 is 0 Å². The van der Waals surface area contributed by atoms with Gasteiger partial charge in [0, 0.05) is 25.4 Å². The number of rotatable bonds is 4. The molecule has 1 aliphatic rings. The lowest BCUT2D eigenvalue weighted by Crippen LogP contribution is -2.39. The summed E-state index contributed by atoms with van der Waals surface area (Å²) in [7, 11) is 0. The van der Waals surface area contributed by atoms with Gasteiger partial charge in [-0.15, -0.1) is 0 Å². The number of carbonyl (C=O) groups excluding carboxylic acids is 1. The van der Waals surface area contributed by atoms with Gasteiger partial charge >= 0.3 is 0 Å². The first-order valence-electron chi connectivity index (χ1n) is 8.11. The lowest BCUT2D eigenvalue weighted by Gasteiger charge is -2.27. The number of hydrogen-bond acceptors (Lipinski definition) is 3. The third-order valence-corrected chi connectivity index (χ3v) is 4.31. The van der Waals surface area contributed by atoms with E-state index in [0.717, 1.165) is 24.4 Å². The summed E-state index contributed by atoms with van der Waals surface area (Å²) in [4.78, 5) is 18.3. The molecule has 0 N–H and O–H groups in total. The molecule has 0 saturated heterocycles. The molecular formula is C18H19N5O. The Morgan fingerprint density at radius 3 is 2.83 bits per heavy atom. The second kappa shape index (κ2) is 6.31. The summed E-state index contributed by atoms with van der Waals surface area (Å²) in [5, 5.41) is 4.68. The van der Waals surface area contributed by atoms with E-state index >= 15 is 0 Å². The van der Waals surface area contributed by atoms with Crippen LogP contribution in [0.15, 0.2) is 55.1 Å². The van der Waals surface area contributed by atoms with Gasteiger partial charge in [0.15, 0.2) is 0 Å². The average molecular weight is 321 g/mol. The third kappa shape index (κ3) is 3.08. The van der Waals surface area contributed by atoms with Crippen LogP contribution in [0.3, 0.4) is 0 Å². The zero-order chi connectivity index (χ0) is 16.4. The Labute approximate surface area is 140 Å². The normalized spacial score (nSPS) is 13.8. The van der Waals surface area contributed by atoms with Crippen molar-refractivity contribution < 1.29 is 4.79 Å². The molecule has 0 unspecified atom stereocenters. The van der Waals surface area contributed by atoms with Gasteiger partial charge in [-0.3, -0.25) is 9.48 Å². The molecular weight excluding hydrogens is 302 g/mol. The van der Waals surface area contributed by atoms with Gasteiger partial charge in [-0.1, -0.05) is 30.3 Å². The van der Waals surface area contributed by atoms with Crippen molar-refractivity contribution in [2.75, 3.05) is 6.54 Å². The van der Waals surface area contributed by atoms with E-state index in [9.17, 15) is 4.79 Å². The molecule has 6 heteroatoms. The molecule has 2 aromatic heterocycles. The topological polar surface area (TPSA) is 56.0 Å². The smallest absolute Gasteiger partial charge is 0.242 e. The Hall–Kier alpha value is -2.89. The van der Waals surface area contributed by atoms with Crippen molar-refractivity contribution in [1.29, 1.82) is 0 Å². The highest BCUT2D eigenvalue weighted by molar-refractivity contribution is 5.76. The molecule has 122 valence electrons. The van der Waals surface area contributed by atoms with Gasteiger partial charge in [0.1, 0.15) is 6.54 Å². The molecule has 24 heavy (non-hydrogen) atoms. The van der Waals surface area contributed by atoms with Gasteiger partial charge in [-0.25, -0.2) is 4.98 Å². The first kappa shape index (κ1) is 14.7. The SMILES string of the molecule is O=C(Cn1ccnc1)N1CCn2nc(Cc3ccccc3)cc2C1. The number of aromatic nitrogens is 4. The monoisotopic (exact) mass is 321 g/mol. The van der Waals surface area contributed by atoms with Crippen molar-refractivity contribution in [3.63, 3.8) is 0 Å². The average Bonchev–Trinajstić information content (AvgIpc) is 3.24. The van der Waals surface area contributed by atoms with E-state index < -0.39 is 0 Å². The molecule has 6 nitrogen and oxygen atoms in total. The fraction of sp³-hybridized carbons (Fsp3) is 0.278. The van der Waals surface area contributed by atoms with Crippen LogP contribution >= 0.6 is 0 Å². The van der Waals surface area contributed by atoms with E-state index in [1.165, 1.54) is 5.56 Å². The second-order valence-electron chi connectivity index (χ2n) is 6.06. The summed E-state index contributed by atoms with van der Waals surface area (Å²) in [6.07, 6.45) is 5.99. The van der Waals surface area contributed by atoms with Gasteiger partial charge < -0.3 is 9.47 Å². The van der Waals surface area contributed by atoms with Crippen LogP contribution in [-0.4, -0.2) is 36.7 Å². The van der Waals surface area contributed by atoms with Crippen molar-refractivity contribution >= 4 is 5.91 Å². The molecule has 0 aliphatic carbocycles. The van der Waals surface area contributed by atoms with Crippen LogP contribution in [0.2, 0.25) is 0 Å². The van der Waals surface area contributed by atoms with E-state index in [2.05, 4.69) is 28.3 Å². The molecule has 0 radical (unpaired) electrons. The molecule has 1 aromatic carbocycles. The van der Waals surface area contributed by atoms with Gasteiger partial charge in [-0.2, -0.15) is 5.10 Å². The van der Waals surface area contributed by atoms with E-state index in [0.29, 0.717) is 19.6 Å². The summed E-state index contributed by atoms with van der Waals surface area (Å²) < 4.78 is 3.83. The van der Waals surface area contributed by atoms with Crippen molar-refractivity contribution in [2.24, 2.45) is 0 Å². The van der Waals surface area contributed by atoms with E-state index in [-0.39, 0.29) is 5.91 Å². The fourth-order valence-corrected chi connectivity index (χ4v) is 3.07. The predicted octanol–water partition coefficient (Wildman–Crippen LogP) is 1.71. The summed E-state index contributed by atoms with van der Waals surface area (Å²) in [6.45, 7) is 2.41. The van der Waals surface area contributed by atoms with Crippen LogP contribution in [0.4, 0.5) is 0 Å². The zero-order valence-corrected chi connectivity index (χ0v) is 13.4. The molecule has 3 heterocycles. The van der Waals surface area contributed by atoms with Crippen LogP contribution in [0.5, 0.6) is 0 Å². The Morgan fingerprint density at radius 2 is 2.04 bits per heavy atom. The number of benzene rings is 1. The fourth-order valence-electron chi connectivity index (χ4n) is 3.07. The maximum absolute atomic E-state index is 12.4. The van der Waals surface area contributed by atoms with Gasteiger partial charge in [0.25, 0.3) is 0 Å². The first-order chi connectivity index (χ1) is 11.8. The summed E-state index contributed by atoms with van der Waals surface area (Å²) >= 11 is 0. The maximum Gasteiger partial charge on any atom is 0.242 e. The number of hydrogen-bond donors (Lipinski definition) is 0. The van der Waals surface area contributed by atoms with Crippen molar-refractivity contribution in [2.45, 2.75) is 26.1 Å². The lowest BCUT2D eigenvalue weighted by atomic mass is 10.1. The van der Waals surface area contributed by atoms with Crippen LogP contribution in [0, 0.1) is 0 Å². The maximum atomic E-state index is 12.4. The molecule has 1 amide bonds. The highest BCUT2D eigenvalue weighted by Crippen LogP contribution is 2.16.